The van der Waals surface area contributed by atoms with Gasteiger partial charge in [-0.15, -0.1) is 0 Å². The normalized spacial score (nSPS) is 11.8. The van der Waals surface area contributed by atoms with Crippen LogP contribution in [0, 0.1) is 5.92 Å². The average Bonchev–Trinajstić information content (AvgIpc) is 2.82. The zero-order valence-corrected chi connectivity index (χ0v) is 10.0. The lowest BCUT2D eigenvalue weighted by molar-refractivity contribution is -0.141. The number of carbonyl (C=O) groups is 2. The van der Waals surface area contributed by atoms with E-state index in [0.717, 1.165) is 0 Å². The molecule has 18 heavy (non-hydrogen) atoms. The van der Waals surface area contributed by atoms with Crippen LogP contribution < -0.4 is 10.6 Å². The van der Waals surface area contributed by atoms with Crippen molar-refractivity contribution in [3.05, 3.63) is 12.2 Å². The Morgan fingerprint density at radius 1 is 1.50 bits per heavy atom. The van der Waals surface area contributed by atoms with Crippen molar-refractivity contribution in [2.45, 2.75) is 19.8 Å². The molecule has 1 rings (SSSR count). The van der Waals surface area contributed by atoms with Gasteiger partial charge in [-0.25, -0.2) is 4.79 Å². The van der Waals surface area contributed by atoms with E-state index in [9.17, 15) is 9.59 Å². The summed E-state index contributed by atoms with van der Waals surface area (Å²) >= 11 is 0. The van der Waals surface area contributed by atoms with Crippen molar-refractivity contribution in [3.8, 4) is 0 Å². The average molecular weight is 256 g/mol. The summed E-state index contributed by atoms with van der Waals surface area (Å²) in [5.74, 6) is -0.968. The van der Waals surface area contributed by atoms with Gasteiger partial charge in [-0.2, -0.15) is 4.98 Å². The summed E-state index contributed by atoms with van der Waals surface area (Å²) in [5, 5.41) is 17.5. The molecular formula is C10H16N4O4. The minimum atomic E-state index is -0.912. The lowest BCUT2D eigenvalue weighted by Gasteiger charge is -2.11. The topological polar surface area (TPSA) is 117 Å². The summed E-state index contributed by atoms with van der Waals surface area (Å²) in [6, 6.07) is -0.404. The summed E-state index contributed by atoms with van der Waals surface area (Å²) in [4.78, 5) is 25.8. The molecule has 0 radical (unpaired) electrons. The Labute approximate surface area is 104 Å². The van der Waals surface area contributed by atoms with Crippen molar-refractivity contribution < 1.29 is 19.2 Å². The number of rotatable bonds is 7. The van der Waals surface area contributed by atoms with E-state index in [-0.39, 0.29) is 6.54 Å². The number of urea groups is 1. The Bertz CT molecular complexity index is 379. The van der Waals surface area contributed by atoms with Gasteiger partial charge in [0.2, 0.25) is 6.39 Å². The molecule has 0 spiro atoms. The first-order valence-electron chi connectivity index (χ1n) is 5.63. The number of hydrogen-bond donors (Lipinski definition) is 3. The Hall–Kier alpha value is -2.12. The molecule has 1 aromatic heterocycles. The lowest BCUT2D eigenvalue weighted by Crippen LogP contribution is -2.40. The highest BCUT2D eigenvalue weighted by Gasteiger charge is 2.15. The van der Waals surface area contributed by atoms with Crippen LogP contribution in [0.2, 0.25) is 0 Å². The molecule has 3 N–H and O–H groups in total. The Balaban J connectivity index is 2.15. The summed E-state index contributed by atoms with van der Waals surface area (Å²) in [6.45, 7) is 2.23. The van der Waals surface area contributed by atoms with E-state index in [0.29, 0.717) is 25.2 Å². The first-order chi connectivity index (χ1) is 8.63. The van der Waals surface area contributed by atoms with Gasteiger partial charge in [0.1, 0.15) is 0 Å². The molecule has 1 atom stereocenters. The van der Waals surface area contributed by atoms with Gasteiger partial charge in [-0.3, -0.25) is 4.79 Å². The predicted octanol–water partition coefficient (Wildman–Crippen LogP) is 0.0221. The number of amides is 2. The smallest absolute Gasteiger partial charge is 0.314 e. The zero-order chi connectivity index (χ0) is 13.4. The molecule has 8 nitrogen and oxygen atoms in total. The molecule has 100 valence electrons. The fourth-order valence-corrected chi connectivity index (χ4v) is 1.28. The van der Waals surface area contributed by atoms with Crippen LogP contribution in [-0.4, -0.2) is 40.3 Å². The van der Waals surface area contributed by atoms with Crippen LogP contribution in [0.1, 0.15) is 19.2 Å². The van der Waals surface area contributed by atoms with Gasteiger partial charge in [-0.1, -0.05) is 12.1 Å². The molecule has 2 amide bonds. The number of aromatic nitrogens is 2. The maximum atomic E-state index is 11.3. The van der Waals surface area contributed by atoms with Gasteiger partial charge in [0.05, 0.1) is 5.92 Å². The van der Waals surface area contributed by atoms with Crippen molar-refractivity contribution >= 4 is 12.0 Å². The van der Waals surface area contributed by atoms with Gasteiger partial charge in [0.15, 0.2) is 5.82 Å². The van der Waals surface area contributed by atoms with Crippen molar-refractivity contribution in [2.75, 3.05) is 13.1 Å². The van der Waals surface area contributed by atoms with E-state index in [1.54, 1.807) is 6.92 Å². The third-order valence-electron chi connectivity index (χ3n) is 2.39. The van der Waals surface area contributed by atoms with E-state index < -0.39 is 17.9 Å². The number of carboxylic acids is 1. The molecule has 0 aliphatic carbocycles. The van der Waals surface area contributed by atoms with Crippen LogP contribution in [-0.2, 0) is 11.2 Å². The summed E-state index contributed by atoms with van der Waals surface area (Å²) in [5.41, 5.74) is 0. The number of aliphatic carboxylic acids is 1. The molecule has 1 unspecified atom stereocenters. The van der Waals surface area contributed by atoms with Crippen LogP contribution in [0.5, 0.6) is 0 Å². The van der Waals surface area contributed by atoms with E-state index in [2.05, 4.69) is 25.3 Å². The molecule has 0 aliphatic heterocycles. The largest absolute Gasteiger partial charge is 0.481 e. The van der Waals surface area contributed by atoms with Crippen LogP contribution in [0.25, 0.3) is 0 Å². The molecule has 0 bridgehead atoms. The van der Waals surface area contributed by atoms with E-state index in [4.69, 9.17) is 5.11 Å². The molecule has 0 aromatic carbocycles. The third-order valence-corrected chi connectivity index (χ3v) is 2.39. The van der Waals surface area contributed by atoms with Crippen LogP contribution in [0.4, 0.5) is 4.79 Å². The Morgan fingerprint density at radius 2 is 2.28 bits per heavy atom. The van der Waals surface area contributed by atoms with Crippen molar-refractivity contribution in [1.82, 2.24) is 20.8 Å². The molecule has 1 aromatic rings. The second-order valence-corrected chi connectivity index (χ2v) is 3.68. The quantitative estimate of drug-likeness (QED) is 0.633. The van der Waals surface area contributed by atoms with Crippen LogP contribution in [0.3, 0.4) is 0 Å². The van der Waals surface area contributed by atoms with E-state index in [1.807, 2.05) is 0 Å². The second kappa shape index (κ2) is 7.25. The van der Waals surface area contributed by atoms with Crippen molar-refractivity contribution in [3.63, 3.8) is 0 Å². The SMILES string of the molecule is CCC(CNC(=O)NCCc1ncon1)C(=O)O. The highest BCUT2D eigenvalue weighted by atomic mass is 16.5. The molecule has 8 heteroatoms. The van der Waals surface area contributed by atoms with Gasteiger partial charge >= 0.3 is 12.0 Å². The molecule has 1 heterocycles. The lowest BCUT2D eigenvalue weighted by atomic mass is 10.1. The Morgan fingerprint density at radius 3 is 2.83 bits per heavy atom. The van der Waals surface area contributed by atoms with Gasteiger partial charge in [0, 0.05) is 19.5 Å². The predicted molar refractivity (Wildman–Crippen MR) is 60.8 cm³/mol. The fraction of sp³-hybridized carbons (Fsp3) is 0.600. The van der Waals surface area contributed by atoms with Gasteiger partial charge < -0.3 is 20.3 Å². The fourth-order valence-electron chi connectivity index (χ4n) is 1.28. The van der Waals surface area contributed by atoms with Gasteiger partial charge in [0.25, 0.3) is 0 Å². The maximum absolute atomic E-state index is 11.3. The highest BCUT2D eigenvalue weighted by molar-refractivity contribution is 5.75. The molecular weight excluding hydrogens is 240 g/mol. The number of carboxylic acid groups (broad SMARTS) is 1. The summed E-state index contributed by atoms with van der Waals surface area (Å²) < 4.78 is 4.54. The maximum Gasteiger partial charge on any atom is 0.314 e. The van der Waals surface area contributed by atoms with E-state index in [1.165, 1.54) is 6.39 Å². The first kappa shape index (κ1) is 13.9. The standard InChI is InChI=1S/C10H16N4O4/c1-2-7(9(15)16)5-12-10(17)11-4-3-8-13-6-18-14-8/h6-7H,2-5H2,1H3,(H,15,16)(H2,11,12,17). The zero-order valence-electron chi connectivity index (χ0n) is 10.0. The third kappa shape index (κ3) is 4.81. The number of nitrogens with zero attached hydrogens (tertiary/aromatic N) is 2. The minimum absolute atomic E-state index is 0.111. The molecule has 0 fully saturated rings. The minimum Gasteiger partial charge on any atom is -0.481 e. The van der Waals surface area contributed by atoms with Crippen LogP contribution >= 0.6 is 0 Å². The van der Waals surface area contributed by atoms with Gasteiger partial charge in [-0.05, 0) is 6.42 Å². The molecule has 0 saturated heterocycles. The monoisotopic (exact) mass is 256 g/mol. The number of nitrogens with one attached hydrogen (secondary N) is 2. The summed E-state index contributed by atoms with van der Waals surface area (Å²) in [6.07, 6.45) is 2.15. The van der Waals surface area contributed by atoms with E-state index >= 15 is 0 Å². The number of hydrogen-bond acceptors (Lipinski definition) is 5. The van der Waals surface area contributed by atoms with Crippen molar-refractivity contribution in [1.29, 1.82) is 0 Å². The molecule has 0 aliphatic rings. The number of carbonyl (C=O) groups excluding carboxylic acids is 1. The summed E-state index contributed by atoms with van der Waals surface area (Å²) in [7, 11) is 0. The molecule has 0 saturated carbocycles. The van der Waals surface area contributed by atoms with Crippen molar-refractivity contribution in [2.24, 2.45) is 5.92 Å². The second-order valence-electron chi connectivity index (χ2n) is 3.68. The Kier molecular flexibility index (Phi) is 5.62. The highest BCUT2D eigenvalue weighted by Crippen LogP contribution is 1.99. The first-order valence-corrected chi connectivity index (χ1v) is 5.63. The van der Waals surface area contributed by atoms with Crippen LogP contribution in [0.15, 0.2) is 10.9 Å².